The van der Waals surface area contributed by atoms with Gasteiger partial charge in [-0.15, -0.1) is 0 Å². The fraction of sp³-hybridized carbons (Fsp3) is 0.533. The normalized spacial score (nSPS) is 11.6. The van der Waals surface area contributed by atoms with Crippen LogP contribution in [-0.2, 0) is 6.18 Å². The van der Waals surface area contributed by atoms with Gasteiger partial charge in [-0.25, -0.2) is 0 Å². The Kier molecular flexibility index (Phi) is 6.05. The minimum Gasteiger partial charge on any atom is -0.385 e. The maximum absolute atomic E-state index is 13.0. The highest BCUT2D eigenvalue weighted by Gasteiger charge is 2.34. The third-order valence-electron chi connectivity index (χ3n) is 2.96. The van der Waals surface area contributed by atoms with Gasteiger partial charge in [-0.05, 0) is 37.5 Å². The van der Waals surface area contributed by atoms with E-state index in [1.807, 2.05) is 13.8 Å². The fourth-order valence-electron chi connectivity index (χ4n) is 1.84. The van der Waals surface area contributed by atoms with Crippen molar-refractivity contribution in [1.82, 2.24) is 5.32 Å². The average Bonchev–Trinajstić information content (AvgIpc) is 2.37. The summed E-state index contributed by atoms with van der Waals surface area (Å²) in [6.07, 6.45) is -3.71. The highest BCUT2D eigenvalue weighted by molar-refractivity contribution is 5.95. The summed E-state index contributed by atoms with van der Waals surface area (Å²) in [4.78, 5) is 11.9. The lowest BCUT2D eigenvalue weighted by Crippen LogP contribution is -2.26. The number of carbonyl (C=O) groups is 1. The van der Waals surface area contributed by atoms with E-state index < -0.39 is 17.6 Å². The number of carbonyl (C=O) groups excluding carboxylic acids is 1. The van der Waals surface area contributed by atoms with E-state index >= 15 is 0 Å². The van der Waals surface area contributed by atoms with Crippen LogP contribution >= 0.6 is 0 Å². The van der Waals surface area contributed by atoms with Crippen molar-refractivity contribution in [2.75, 3.05) is 18.4 Å². The van der Waals surface area contributed by atoms with Crippen molar-refractivity contribution in [3.05, 3.63) is 29.3 Å². The lowest BCUT2D eigenvalue weighted by atomic mass is 10.1. The van der Waals surface area contributed by atoms with Crippen LogP contribution in [0.15, 0.2) is 18.2 Å². The molecule has 0 radical (unpaired) electrons. The van der Waals surface area contributed by atoms with Crippen LogP contribution in [0.1, 0.15) is 43.1 Å². The van der Waals surface area contributed by atoms with Gasteiger partial charge in [0.25, 0.3) is 5.91 Å². The second-order valence-corrected chi connectivity index (χ2v) is 5.23. The third-order valence-corrected chi connectivity index (χ3v) is 2.96. The Bertz CT molecular complexity index is 484. The Morgan fingerprint density at radius 3 is 2.48 bits per heavy atom. The molecule has 0 aliphatic heterocycles. The van der Waals surface area contributed by atoms with E-state index in [0.717, 1.165) is 12.5 Å². The van der Waals surface area contributed by atoms with Crippen molar-refractivity contribution in [2.45, 2.75) is 33.4 Å². The van der Waals surface area contributed by atoms with Gasteiger partial charge in [-0.3, -0.25) is 4.79 Å². The van der Waals surface area contributed by atoms with Crippen LogP contribution in [0.5, 0.6) is 0 Å². The first-order valence-electron chi connectivity index (χ1n) is 6.99. The SMILES string of the molecule is CCNc1ccc(C(=O)NCCC(C)C)cc1C(F)(F)F. The molecule has 2 N–H and O–H groups in total. The standard InChI is InChI=1S/C15H21F3N2O/c1-4-19-13-6-5-11(9-12(13)15(16,17)18)14(21)20-8-7-10(2)3/h5-6,9-10,19H,4,7-8H2,1-3H3,(H,20,21). The number of hydrogen-bond acceptors (Lipinski definition) is 2. The largest absolute Gasteiger partial charge is 0.418 e. The Morgan fingerprint density at radius 1 is 1.29 bits per heavy atom. The first-order valence-corrected chi connectivity index (χ1v) is 6.99. The summed E-state index contributed by atoms with van der Waals surface area (Å²) in [5, 5.41) is 5.29. The molecule has 0 atom stereocenters. The van der Waals surface area contributed by atoms with Crippen LogP contribution in [0.2, 0.25) is 0 Å². The zero-order chi connectivity index (χ0) is 16.0. The number of nitrogens with one attached hydrogen (secondary N) is 2. The molecule has 0 unspecified atom stereocenters. The molecule has 0 saturated heterocycles. The van der Waals surface area contributed by atoms with E-state index in [-0.39, 0.29) is 11.3 Å². The predicted molar refractivity (Wildman–Crippen MR) is 77.4 cm³/mol. The molecule has 0 aliphatic carbocycles. The molecule has 0 heterocycles. The molecule has 0 bridgehead atoms. The molecule has 6 heteroatoms. The van der Waals surface area contributed by atoms with Crippen LogP contribution in [0.3, 0.4) is 0 Å². The van der Waals surface area contributed by atoms with Gasteiger partial charge in [0.1, 0.15) is 0 Å². The minimum absolute atomic E-state index is 0.0104. The molecule has 1 aromatic carbocycles. The zero-order valence-corrected chi connectivity index (χ0v) is 12.5. The van der Waals surface area contributed by atoms with Gasteiger partial charge >= 0.3 is 6.18 Å². The summed E-state index contributed by atoms with van der Waals surface area (Å²) in [5.74, 6) is -0.0589. The molecule has 0 aliphatic rings. The third kappa shape index (κ3) is 5.28. The monoisotopic (exact) mass is 302 g/mol. The summed E-state index contributed by atoms with van der Waals surface area (Å²) in [6, 6.07) is 3.59. The summed E-state index contributed by atoms with van der Waals surface area (Å²) in [5.41, 5.74) is -0.808. The van der Waals surface area contributed by atoms with Gasteiger partial charge in [0.15, 0.2) is 0 Å². The van der Waals surface area contributed by atoms with Gasteiger partial charge in [-0.1, -0.05) is 13.8 Å². The molecular formula is C15H21F3N2O. The second kappa shape index (κ2) is 7.33. The van der Waals surface area contributed by atoms with Crippen molar-refractivity contribution < 1.29 is 18.0 Å². The van der Waals surface area contributed by atoms with Crippen LogP contribution in [0.25, 0.3) is 0 Å². The van der Waals surface area contributed by atoms with Gasteiger partial charge in [0.2, 0.25) is 0 Å². The smallest absolute Gasteiger partial charge is 0.385 e. The zero-order valence-electron chi connectivity index (χ0n) is 12.5. The van der Waals surface area contributed by atoms with Crippen molar-refractivity contribution in [1.29, 1.82) is 0 Å². The van der Waals surface area contributed by atoms with Crippen LogP contribution in [0, 0.1) is 5.92 Å². The van der Waals surface area contributed by atoms with E-state index in [2.05, 4.69) is 10.6 Å². The van der Waals surface area contributed by atoms with Crippen LogP contribution < -0.4 is 10.6 Å². The van der Waals surface area contributed by atoms with E-state index in [9.17, 15) is 18.0 Å². The molecule has 1 aromatic rings. The number of anilines is 1. The number of benzene rings is 1. The van der Waals surface area contributed by atoms with Gasteiger partial charge in [0, 0.05) is 24.3 Å². The predicted octanol–water partition coefficient (Wildman–Crippen LogP) is 3.91. The van der Waals surface area contributed by atoms with E-state index in [4.69, 9.17) is 0 Å². The van der Waals surface area contributed by atoms with Crippen LogP contribution in [-0.4, -0.2) is 19.0 Å². The Labute approximate surface area is 122 Å². The Hall–Kier alpha value is -1.72. The molecule has 0 aromatic heterocycles. The van der Waals surface area contributed by atoms with Crippen molar-refractivity contribution >= 4 is 11.6 Å². The topological polar surface area (TPSA) is 41.1 Å². The highest BCUT2D eigenvalue weighted by Crippen LogP contribution is 2.35. The first-order chi connectivity index (χ1) is 9.75. The van der Waals surface area contributed by atoms with Gasteiger partial charge in [0.05, 0.1) is 5.56 Å². The lowest BCUT2D eigenvalue weighted by molar-refractivity contribution is -0.137. The summed E-state index contributed by atoms with van der Waals surface area (Å²) in [6.45, 7) is 6.57. The van der Waals surface area contributed by atoms with Crippen molar-refractivity contribution in [2.24, 2.45) is 5.92 Å². The van der Waals surface area contributed by atoms with E-state index in [0.29, 0.717) is 19.0 Å². The Morgan fingerprint density at radius 2 is 1.95 bits per heavy atom. The van der Waals surface area contributed by atoms with Crippen LogP contribution in [0.4, 0.5) is 18.9 Å². The number of alkyl halides is 3. The molecular weight excluding hydrogens is 281 g/mol. The fourth-order valence-corrected chi connectivity index (χ4v) is 1.84. The van der Waals surface area contributed by atoms with Gasteiger partial charge < -0.3 is 10.6 Å². The molecule has 1 amide bonds. The molecule has 118 valence electrons. The van der Waals surface area contributed by atoms with E-state index in [1.165, 1.54) is 12.1 Å². The number of hydrogen-bond donors (Lipinski definition) is 2. The lowest BCUT2D eigenvalue weighted by Gasteiger charge is -2.15. The minimum atomic E-state index is -4.49. The summed E-state index contributed by atoms with van der Waals surface area (Å²) in [7, 11) is 0. The maximum Gasteiger partial charge on any atom is 0.418 e. The van der Waals surface area contributed by atoms with Gasteiger partial charge in [-0.2, -0.15) is 13.2 Å². The first kappa shape index (κ1) is 17.3. The Balaban J connectivity index is 2.91. The summed E-state index contributed by atoms with van der Waals surface area (Å²) < 4.78 is 39.0. The van der Waals surface area contributed by atoms with E-state index in [1.54, 1.807) is 6.92 Å². The number of halogens is 3. The maximum atomic E-state index is 13.0. The molecule has 0 fully saturated rings. The van der Waals surface area contributed by atoms with Crippen molar-refractivity contribution in [3.63, 3.8) is 0 Å². The quantitative estimate of drug-likeness (QED) is 0.836. The highest BCUT2D eigenvalue weighted by atomic mass is 19.4. The molecule has 3 nitrogen and oxygen atoms in total. The number of rotatable bonds is 6. The molecule has 0 saturated carbocycles. The van der Waals surface area contributed by atoms with Crippen molar-refractivity contribution in [3.8, 4) is 0 Å². The number of amides is 1. The summed E-state index contributed by atoms with van der Waals surface area (Å²) >= 11 is 0. The average molecular weight is 302 g/mol. The molecule has 1 rings (SSSR count). The molecule has 21 heavy (non-hydrogen) atoms. The second-order valence-electron chi connectivity index (χ2n) is 5.23. The molecule has 0 spiro atoms.